The van der Waals surface area contributed by atoms with Crippen LogP contribution in [0, 0.1) is 5.82 Å². The number of hydrogen-bond acceptors (Lipinski definition) is 3. The summed E-state index contributed by atoms with van der Waals surface area (Å²) >= 11 is 0. The number of benzene rings is 1. The Morgan fingerprint density at radius 1 is 1.46 bits per heavy atom. The highest BCUT2D eigenvalue weighted by atomic mass is 19.1. The highest BCUT2D eigenvalue weighted by Crippen LogP contribution is 2.14. The summed E-state index contributed by atoms with van der Waals surface area (Å²) < 4.78 is 17.8. The molecule has 0 aliphatic carbocycles. The summed E-state index contributed by atoms with van der Waals surface area (Å²) in [6.45, 7) is -0.272. The van der Waals surface area contributed by atoms with Crippen molar-refractivity contribution in [3.8, 4) is 5.75 Å². The van der Waals surface area contributed by atoms with Crippen molar-refractivity contribution in [1.82, 2.24) is 0 Å². The second-order valence-corrected chi connectivity index (χ2v) is 2.46. The number of nitrogens with two attached hydrogens (primary N) is 1. The average Bonchev–Trinajstić information content (AvgIpc) is 2.16. The van der Waals surface area contributed by atoms with Gasteiger partial charge in [0.05, 0.1) is 6.54 Å². The van der Waals surface area contributed by atoms with E-state index in [-0.39, 0.29) is 24.7 Å². The van der Waals surface area contributed by atoms with Crippen molar-refractivity contribution in [2.45, 2.75) is 0 Å². The smallest absolute Gasteiger partial charge is 0.183 e. The Kier molecular flexibility index (Phi) is 3.40. The fourth-order valence-corrected chi connectivity index (χ4v) is 0.779. The molecule has 0 amide bonds. The second kappa shape index (κ2) is 4.57. The van der Waals surface area contributed by atoms with Crippen LogP contribution >= 0.6 is 0 Å². The number of Topliss-reactive ketones (excluding diaryl/α,β-unsaturated/α-hetero) is 1. The molecule has 1 rings (SSSR count). The molecule has 0 saturated carbocycles. The van der Waals surface area contributed by atoms with Gasteiger partial charge >= 0.3 is 0 Å². The molecular weight excluding hydrogens is 173 g/mol. The summed E-state index contributed by atoms with van der Waals surface area (Å²) in [5.74, 6) is -0.667. The molecule has 3 nitrogen and oxygen atoms in total. The van der Waals surface area contributed by atoms with Gasteiger partial charge in [0.15, 0.2) is 17.3 Å². The minimum Gasteiger partial charge on any atom is -0.483 e. The van der Waals surface area contributed by atoms with Gasteiger partial charge in [0.25, 0.3) is 0 Å². The largest absolute Gasteiger partial charge is 0.483 e. The molecule has 0 bridgehead atoms. The van der Waals surface area contributed by atoms with Crippen molar-refractivity contribution < 1.29 is 13.9 Å². The molecule has 0 aliphatic rings. The molecule has 4 heteroatoms. The van der Waals surface area contributed by atoms with Gasteiger partial charge in [0.2, 0.25) is 0 Å². The molecule has 0 spiro atoms. The number of hydrogen-bond donors (Lipinski definition) is 1. The highest BCUT2D eigenvalue weighted by molar-refractivity contribution is 5.81. The maximum absolute atomic E-state index is 12.9. The van der Waals surface area contributed by atoms with Crippen molar-refractivity contribution in [2.75, 3.05) is 13.2 Å². The van der Waals surface area contributed by atoms with Gasteiger partial charge in [-0.3, -0.25) is 4.79 Å². The molecule has 1 aromatic rings. The van der Waals surface area contributed by atoms with E-state index in [4.69, 9.17) is 10.5 Å². The van der Waals surface area contributed by atoms with E-state index in [0.717, 1.165) is 0 Å². The number of rotatable bonds is 4. The number of carbonyl (C=O) groups is 1. The van der Waals surface area contributed by atoms with E-state index in [1.165, 1.54) is 12.1 Å². The predicted octanol–water partition coefficient (Wildman–Crippen LogP) is 0.732. The summed E-state index contributed by atoms with van der Waals surface area (Å²) in [5.41, 5.74) is 5.05. The second-order valence-electron chi connectivity index (χ2n) is 2.46. The van der Waals surface area contributed by atoms with Gasteiger partial charge in [0, 0.05) is 0 Å². The van der Waals surface area contributed by atoms with Crippen molar-refractivity contribution in [1.29, 1.82) is 0 Å². The average molecular weight is 183 g/mol. The Morgan fingerprint density at radius 3 is 2.77 bits per heavy atom. The zero-order chi connectivity index (χ0) is 9.68. The molecule has 1 aromatic carbocycles. The van der Waals surface area contributed by atoms with Crippen LogP contribution in [0.2, 0.25) is 0 Å². The number of ether oxygens (including phenoxy) is 1. The van der Waals surface area contributed by atoms with E-state index in [2.05, 4.69) is 0 Å². The van der Waals surface area contributed by atoms with Crippen molar-refractivity contribution in [3.63, 3.8) is 0 Å². The van der Waals surface area contributed by atoms with E-state index >= 15 is 0 Å². The Labute approximate surface area is 75.3 Å². The fraction of sp³-hybridized carbons (Fsp3) is 0.222. The van der Waals surface area contributed by atoms with Gasteiger partial charge in [-0.05, 0) is 12.1 Å². The summed E-state index contributed by atoms with van der Waals surface area (Å²) in [6.07, 6.45) is 0. The third kappa shape index (κ3) is 2.83. The Balaban J connectivity index is 2.54. The molecule has 0 saturated heterocycles. The van der Waals surface area contributed by atoms with Gasteiger partial charge in [-0.1, -0.05) is 12.1 Å². The molecular formula is C9H10FNO2. The molecule has 0 aromatic heterocycles. The van der Waals surface area contributed by atoms with E-state index in [1.807, 2.05) is 0 Å². The lowest BCUT2D eigenvalue weighted by atomic mass is 10.3. The lowest BCUT2D eigenvalue weighted by Gasteiger charge is -2.04. The van der Waals surface area contributed by atoms with Crippen molar-refractivity contribution >= 4 is 5.78 Å². The van der Waals surface area contributed by atoms with Crippen LogP contribution in [0.4, 0.5) is 4.39 Å². The maximum atomic E-state index is 12.9. The van der Waals surface area contributed by atoms with Gasteiger partial charge in [0.1, 0.15) is 6.61 Å². The van der Waals surface area contributed by atoms with Crippen LogP contribution in [-0.2, 0) is 4.79 Å². The van der Waals surface area contributed by atoms with Gasteiger partial charge in [-0.15, -0.1) is 0 Å². The summed E-state index contributed by atoms with van der Waals surface area (Å²) in [7, 11) is 0. The zero-order valence-corrected chi connectivity index (χ0v) is 7.00. The van der Waals surface area contributed by atoms with Crippen LogP contribution in [0.3, 0.4) is 0 Å². The summed E-state index contributed by atoms with van der Waals surface area (Å²) in [6, 6.07) is 5.90. The van der Waals surface area contributed by atoms with Crippen LogP contribution in [-0.4, -0.2) is 18.9 Å². The first-order chi connectivity index (χ1) is 6.24. The zero-order valence-electron chi connectivity index (χ0n) is 7.00. The standard InChI is InChI=1S/C9H10FNO2/c10-8-3-1-2-4-9(8)13-6-7(12)5-11/h1-4H,5-6,11H2. The molecule has 0 radical (unpaired) electrons. The Bertz CT molecular complexity index is 301. The molecule has 2 N–H and O–H groups in total. The number of halogens is 1. The minimum absolute atomic E-state index is 0.0734. The van der Waals surface area contributed by atoms with Crippen LogP contribution in [0.25, 0.3) is 0 Å². The number of carbonyl (C=O) groups excluding carboxylic acids is 1. The SMILES string of the molecule is NCC(=O)COc1ccccc1F. The van der Waals surface area contributed by atoms with Gasteiger partial charge in [-0.2, -0.15) is 0 Å². The highest BCUT2D eigenvalue weighted by Gasteiger charge is 2.03. The van der Waals surface area contributed by atoms with Crippen molar-refractivity contribution in [3.05, 3.63) is 30.1 Å². The first-order valence-corrected chi connectivity index (χ1v) is 3.83. The van der Waals surface area contributed by atoms with Crippen LogP contribution in [0.5, 0.6) is 5.75 Å². The van der Waals surface area contributed by atoms with E-state index < -0.39 is 5.82 Å². The van der Waals surface area contributed by atoms with Gasteiger partial charge < -0.3 is 10.5 Å². The van der Waals surface area contributed by atoms with Gasteiger partial charge in [-0.25, -0.2) is 4.39 Å². The lowest BCUT2D eigenvalue weighted by molar-refractivity contribution is -0.119. The Morgan fingerprint density at radius 2 is 2.15 bits per heavy atom. The minimum atomic E-state index is -0.479. The summed E-state index contributed by atoms with van der Waals surface area (Å²) in [5, 5.41) is 0. The molecule has 0 heterocycles. The summed E-state index contributed by atoms with van der Waals surface area (Å²) in [4.78, 5) is 10.7. The third-order valence-corrected chi connectivity index (χ3v) is 1.45. The molecule has 13 heavy (non-hydrogen) atoms. The number of para-hydroxylation sites is 1. The van der Waals surface area contributed by atoms with Crippen LogP contribution < -0.4 is 10.5 Å². The lowest BCUT2D eigenvalue weighted by Crippen LogP contribution is -2.20. The molecule has 0 unspecified atom stereocenters. The quantitative estimate of drug-likeness (QED) is 0.748. The first kappa shape index (κ1) is 9.67. The molecule has 0 atom stereocenters. The third-order valence-electron chi connectivity index (χ3n) is 1.45. The Hall–Kier alpha value is -1.42. The molecule has 70 valence electrons. The maximum Gasteiger partial charge on any atom is 0.183 e. The predicted molar refractivity (Wildman–Crippen MR) is 46.0 cm³/mol. The number of ketones is 1. The topological polar surface area (TPSA) is 52.3 Å². The van der Waals surface area contributed by atoms with Crippen LogP contribution in [0.15, 0.2) is 24.3 Å². The van der Waals surface area contributed by atoms with Crippen LogP contribution in [0.1, 0.15) is 0 Å². The normalized spacial score (nSPS) is 9.69. The fourth-order valence-electron chi connectivity index (χ4n) is 0.779. The van der Waals surface area contributed by atoms with Crippen molar-refractivity contribution in [2.24, 2.45) is 5.73 Å². The monoisotopic (exact) mass is 183 g/mol. The van der Waals surface area contributed by atoms with E-state index in [0.29, 0.717) is 0 Å². The van der Waals surface area contributed by atoms with E-state index in [1.54, 1.807) is 12.1 Å². The van der Waals surface area contributed by atoms with E-state index in [9.17, 15) is 9.18 Å². The molecule has 0 fully saturated rings. The first-order valence-electron chi connectivity index (χ1n) is 3.83. The molecule has 0 aliphatic heterocycles.